The third-order valence-corrected chi connectivity index (χ3v) is 2.43. The molecule has 5 heteroatoms. The minimum Gasteiger partial charge on any atom is -0.365 e. The van der Waals surface area contributed by atoms with Gasteiger partial charge in [0, 0.05) is 6.07 Å². The number of nitrogens with zero attached hydrogens (tertiary/aromatic N) is 1. The van der Waals surface area contributed by atoms with Gasteiger partial charge in [0.25, 0.3) is 5.69 Å². The van der Waals surface area contributed by atoms with Crippen LogP contribution in [-0.4, -0.2) is 11.0 Å². The Balaban J connectivity index is 3.11. The van der Waals surface area contributed by atoms with Crippen LogP contribution < -0.4 is 5.32 Å². The van der Waals surface area contributed by atoms with Gasteiger partial charge < -0.3 is 5.32 Å². The van der Waals surface area contributed by atoms with E-state index in [1.54, 1.807) is 6.07 Å². The first-order valence-corrected chi connectivity index (χ1v) is 5.13. The van der Waals surface area contributed by atoms with Crippen LogP contribution in [0, 0.1) is 22.5 Å². The first kappa shape index (κ1) is 12.3. The lowest BCUT2D eigenvalue weighted by Crippen LogP contribution is -2.16. The molecule has 16 heavy (non-hydrogen) atoms. The largest absolute Gasteiger partial charge is 0.365 e. The Morgan fingerprint density at radius 3 is 2.88 bits per heavy atom. The molecule has 0 aliphatic rings. The van der Waals surface area contributed by atoms with E-state index in [1.807, 2.05) is 6.92 Å². The first-order valence-electron chi connectivity index (χ1n) is 4.75. The molecule has 0 fully saturated rings. The number of benzene rings is 1. The summed E-state index contributed by atoms with van der Waals surface area (Å²) in [5.74, 6) is 2.50. The van der Waals surface area contributed by atoms with Gasteiger partial charge in [-0.25, -0.2) is 0 Å². The summed E-state index contributed by atoms with van der Waals surface area (Å²) in [5, 5.41) is 14.0. The summed E-state index contributed by atoms with van der Waals surface area (Å²) in [5.41, 5.74) is 0.208. The highest BCUT2D eigenvalue weighted by Gasteiger charge is 2.18. The summed E-state index contributed by atoms with van der Waals surface area (Å²) >= 11 is 5.90. The van der Waals surface area contributed by atoms with Gasteiger partial charge >= 0.3 is 0 Å². The lowest BCUT2D eigenvalue weighted by atomic mass is 10.2. The maximum atomic E-state index is 10.8. The fourth-order valence-corrected chi connectivity index (χ4v) is 1.47. The predicted octanol–water partition coefficient (Wildman–Crippen LogP) is 3.07. The summed E-state index contributed by atoms with van der Waals surface area (Å²) in [7, 11) is 0. The van der Waals surface area contributed by atoms with E-state index in [1.165, 1.54) is 12.1 Å². The van der Waals surface area contributed by atoms with Crippen molar-refractivity contribution in [3.63, 3.8) is 0 Å². The van der Waals surface area contributed by atoms with E-state index >= 15 is 0 Å². The molecule has 0 aliphatic carbocycles. The third kappa shape index (κ3) is 2.65. The molecule has 0 amide bonds. The number of terminal acetylenes is 1. The second kappa shape index (κ2) is 5.38. The summed E-state index contributed by atoms with van der Waals surface area (Å²) < 4.78 is 0. The molecule has 1 aromatic rings. The zero-order valence-electron chi connectivity index (χ0n) is 8.74. The van der Waals surface area contributed by atoms with Gasteiger partial charge in [0.1, 0.15) is 5.69 Å². The normalized spacial score (nSPS) is 11.6. The van der Waals surface area contributed by atoms with E-state index in [0.29, 0.717) is 11.4 Å². The van der Waals surface area contributed by atoms with Gasteiger partial charge in [0.2, 0.25) is 0 Å². The average molecular weight is 239 g/mol. The number of hydrogen-bond acceptors (Lipinski definition) is 3. The SMILES string of the molecule is C#CC(CC)Nc1c(Cl)cccc1[N+](=O)[O-]. The van der Waals surface area contributed by atoms with Crippen molar-refractivity contribution in [3.8, 4) is 12.3 Å². The van der Waals surface area contributed by atoms with Crippen LogP contribution in [0.1, 0.15) is 13.3 Å². The molecule has 0 saturated carbocycles. The van der Waals surface area contributed by atoms with Gasteiger partial charge in [-0.1, -0.05) is 30.5 Å². The zero-order chi connectivity index (χ0) is 12.1. The van der Waals surface area contributed by atoms with E-state index < -0.39 is 4.92 Å². The van der Waals surface area contributed by atoms with Crippen molar-refractivity contribution in [1.82, 2.24) is 0 Å². The highest BCUT2D eigenvalue weighted by molar-refractivity contribution is 6.33. The Morgan fingerprint density at radius 2 is 2.38 bits per heavy atom. The smallest absolute Gasteiger partial charge is 0.293 e. The Kier molecular flexibility index (Phi) is 4.15. The molecule has 0 bridgehead atoms. The van der Waals surface area contributed by atoms with Crippen LogP contribution in [0.2, 0.25) is 5.02 Å². The molecule has 0 saturated heterocycles. The van der Waals surface area contributed by atoms with Crippen LogP contribution in [0.15, 0.2) is 18.2 Å². The van der Waals surface area contributed by atoms with Crippen molar-refractivity contribution < 1.29 is 4.92 Å². The van der Waals surface area contributed by atoms with Crippen LogP contribution in [-0.2, 0) is 0 Å². The third-order valence-electron chi connectivity index (χ3n) is 2.12. The van der Waals surface area contributed by atoms with Gasteiger partial charge in [-0.2, -0.15) is 0 Å². The number of anilines is 1. The molecule has 1 N–H and O–H groups in total. The van der Waals surface area contributed by atoms with Crippen molar-refractivity contribution in [3.05, 3.63) is 33.3 Å². The molecule has 0 aromatic heterocycles. The molecule has 0 spiro atoms. The standard InChI is InChI=1S/C11H11ClN2O2/c1-3-8(4-2)13-11-9(12)6-5-7-10(11)14(15)16/h1,5-8,13H,4H2,2H3. The second-order valence-corrected chi connectivity index (χ2v) is 3.57. The maximum Gasteiger partial charge on any atom is 0.293 e. The minimum absolute atomic E-state index is 0.0683. The highest BCUT2D eigenvalue weighted by Crippen LogP contribution is 2.32. The fraction of sp³-hybridized carbons (Fsp3) is 0.273. The molecule has 84 valence electrons. The molecular formula is C11H11ClN2O2. The number of halogens is 1. The van der Waals surface area contributed by atoms with Crippen molar-refractivity contribution >= 4 is 23.0 Å². The van der Waals surface area contributed by atoms with Crippen LogP contribution in [0.25, 0.3) is 0 Å². The predicted molar refractivity (Wildman–Crippen MR) is 64.6 cm³/mol. The summed E-state index contributed by atoms with van der Waals surface area (Å²) in [6.45, 7) is 1.89. The molecular weight excluding hydrogens is 228 g/mol. The van der Waals surface area contributed by atoms with Gasteiger partial charge in [0.15, 0.2) is 0 Å². The Morgan fingerprint density at radius 1 is 1.69 bits per heavy atom. The molecule has 1 unspecified atom stereocenters. The van der Waals surface area contributed by atoms with Crippen molar-refractivity contribution in [1.29, 1.82) is 0 Å². The second-order valence-electron chi connectivity index (χ2n) is 3.16. The molecule has 4 nitrogen and oxygen atoms in total. The summed E-state index contributed by atoms with van der Waals surface area (Å²) in [4.78, 5) is 10.3. The lowest BCUT2D eigenvalue weighted by Gasteiger charge is -2.13. The monoisotopic (exact) mass is 238 g/mol. The Hall–Kier alpha value is -1.73. The highest BCUT2D eigenvalue weighted by atomic mass is 35.5. The number of nitro groups is 1. The molecule has 1 aromatic carbocycles. The molecule has 1 rings (SSSR count). The number of nitrogens with one attached hydrogen (secondary N) is 1. The van der Waals surface area contributed by atoms with Gasteiger partial charge in [-0.05, 0) is 12.5 Å². The zero-order valence-corrected chi connectivity index (χ0v) is 9.49. The van der Waals surface area contributed by atoms with Gasteiger partial charge in [0.05, 0.1) is 16.0 Å². The Bertz CT molecular complexity index is 440. The number of nitro benzene ring substituents is 1. The molecule has 0 aliphatic heterocycles. The van der Waals surface area contributed by atoms with Crippen molar-refractivity contribution in [2.75, 3.05) is 5.32 Å². The summed E-state index contributed by atoms with van der Waals surface area (Å²) in [6.07, 6.45) is 5.95. The van der Waals surface area contributed by atoms with Gasteiger partial charge in [-0.3, -0.25) is 10.1 Å². The van der Waals surface area contributed by atoms with Crippen LogP contribution >= 0.6 is 11.6 Å². The van der Waals surface area contributed by atoms with E-state index in [0.717, 1.165) is 0 Å². The lowest BCUT2D eigenvalue weighted by molar-refractivity contribution is -0.384. The van der Waals surface area contributed by atoms with Crippen molar-refractivity contribution in [2.24, 2.45) is 0 Å². The summed E-state index contributed by atoms with van der Waals surface area (Å²) in [6, 6.07) is 4.23. The average Bonchev–Trinajstić information content (AvgIpc) is 2.27. The number of rotatable bonds is 4. The Labute approximate surface area is 98.8 Å². The topological polar surface area (TPSA) is 55.2 Å². The van der Waals surface area contributed by atoms with E-state index in [9.17, 15) is 10.1 Å². The fourth-order valence-electron chi connectivity index (χ4n) is 1.24. The number of para-hydroxylation sites is 1. The van der Waals surface area contributed by atoms with E-state index in [4.69, 9.17) is 18.0 Å². The van der Waals surface area contributed by atoms with E-state index in [-0.39, 0.29) is 17.4 Å². The molecule has 0 heterocycles. The van der Waals surface area contributed by atoms with Crippen LogP contribution in [0.3, 0.4) is 0 Å². The van der Waals surface area contributed by atoms with Crippen LogP contribution in [0.5, 0.6) is 0 Å². The van der Waals surface area contributed by atoms with Crippen molar-refractivity contribution in [2.45, 2.75) is 19.4 Å². The molecule has 0 radical (unpaired) electrons. The maximum absolute atomic E-state index is 10.8. The number of hydrogen-bond donors (Lipinski definition) is 1. The quantitative estimate of drug-likeness (QED) is 0.498. The minimum atomic E-state index is -0.489. The van der Waals surface area contributed by atoms with Gasteiger partial charge in [-0.15, -0.1) is 6.42 Å². The first-order chi connectivity index (χ1) is 7.60. The van der Waals surface area contributed by atoms with Crippen LogP contribution in [0.4, 0.5) is 11.4 Å². The molecule has 1 atom stereocenters. The van der Waals surface area contributed by atoms with E-state index in [2.05, 4.69) is 11.2 Å².